The summed E-state index contributed by atoms with van der Waals surface area (Å²) >= 11 is 0. The van der Waals surface area contributed by atoms with Gasteiger partial charge < -0.3 is 20.5 Å². The van der Waals surface area contributed by atoms with Crippen LogP contribution in [0.2, 0.25) is 0 Å². The number of primary amides is 1. The highest BCUT2D eigenvalue weighted by Crippen LogP contribution is 2.34. The van der Waals surface area contributed by atoms with E-state index in [-0.39, 0.29) is 5.91 Å². The summed E-state index contributed by atoms with van der Waals surface area (Å²) in [5.41, 5.74) is 7.32. The van der Waals surface area contributed by atoms with Crippen molar-refractivity contribution >= 4 is 5.91 Å². The largest absolute Gasteiger partial charge is 0.493 e. The quantitative estimate of drug-likeness (QED) is 0.795. The lowest BCUT2D eigenvalue weighted by molar-refractivity contribution is -0.120. The monoisotopic (exact) mass is 236 g/mol. The molecule has 5 nitrogen and oxygen atoms in total. The lowest BCUT2D eigenvalue weighted by atomic mass is 9.93. The van der Waals surface area contributed by atoms with Crippen LogP contribution in [0.5, 0.6) is 11.5 Å². The van der Waals surface area contributed by atoms with Gasteiger partial charge >= 0.3 is 0 Å². The van der Waals surface area contributed by atoms with Crippen LogP contribution in [0.25, 0.3) is 0 Å². The Morgan fingerprint density at radius 1 is 1.35 bits per heavy atom. The van der Waals surface area contributed by atoms with Crippen molar-refractivity contribution in [3.8, 4) is 11.5 Å². The predicted molar refractivity (Wildman–Crippen MR) is 63.2 cm³/mol. The van der Waals surface area contributed by atoms with Gasteiger partial charge in [0, 0.05) is 6.54 Å². The molecular formula is C12H16N2O3. The molecule has 3 N–H and O–H groups in total. The summed E-state index contributed by atoms with van der Waals surface area (Å²) in [5, 5.41) is 3.09. The van der Waals surface area contributed by atoms with Crippen molar-refractivity contribution in [3.05, 3.63) is 23.3 Å². The third-order valence-corrected chi connectivity index (χ3v) is 2.98. The van der Waals surface area contributed by atoms with Gasteiger partial charge in [0.25, 0.3) is 0 Å². The van der Waals surface area contributed by atoms with Crippen molar-refractivity contribution in [2.75, 3.05) is 20.8 Å². The Morgan fingerprint density at radius 2 is 2.00 bits per heavy atom. The fourth-order valence-corrected chi connectivity index (χ4v) is 2.14. The molecule has 92 valence electrons. The van der Waals surface area contributed by atoms with Crippen molar-refractivity contribution in [1.82, 2.24) is 5.32 Å². The number of hydrogen-bond acceptors (Lipinski definition) is 4. The Bertz CT molecular complexity index is 446. The van der Waals surface area contributed by atoms with Crippen LogP contribution in [0, 0.1) is 0 Å². The Kier molecular flexibility index (Phi) is 3.19. The van der Waals surface area contributed by atoms with E-state index in [0.717, 1.165) is 24.1 Å². The summed E-state index contributed by atoms with van der Waals surface area (Å²) < 4.78 is 10.5. The third kappa shape index (κ3) is 2.06. The Balaban J connectivity index is 2.50. The Labute approximate surface area is 99.9 Å². The maximum absolute atomic E-state index is 11.4. The Morgan fingerprint density at radius 3 is 2.59 bits per heavy atom. The summed E-state index contributed by atoms with van der Waals surface area (Å²) in [7, 11) is 3.16. The van der Waals surface area contributed by atoms with Gasteiger partial charge in [-0.3, -0.25) is 4.79 Å². The first-order valence-electron chi connectivity index (χ1n) is 5.45. The molecule has 0 saturated heterocycles. The summed E-state index contributed by atoms with van der Waals surface area (Å²) in [6.07, 6.45) is 0.847. The second-order valence-electron chi connectivity index (χ2n) is 3.95. The van der Waals surface area contributed by atoms with Crippen molar-refractivity contribution in [2.45, 2.75) is 12.5 Å². The number of carbonyl (C=O) groups excluding carboxylic acids is 1. The minimum absolute atomic E-state index is 0.377. The van der Waals surface area contributed by atoms with E-state index in [4.69, 9.17) is 15.2 Å². The van der Waals surface area contributed by atoms with E-state index < -0.39 is 6.04 Å². The van der Waals surface area contributed by atoms with Crippen molar-refractivity contribution in [1.29, 1.82) is 0 Å². The molecule has 0 fully saturated rings. The minimum atomic E-state index is -0.446. The van der Waals surface area contributed by atoms with Gasteiger partial charge in [0.15, 0.2) is 11.5 Å². The molecule has 1 heterocycles. The number of fused-ring (bicyclic) bond motifs is 1. The van der Waals surface area contributed by atoms with Gasteiger partial charge in [-0.05, 0) is 29.7 Å². The van der Waals surface area contributed by atoms with Crippen molar-refractivity contribution < 1.29 is 14.3 Å². The average Bonchev–Trinajstić information content (AvgIpc) is 2.35. The summed E-state index contributed by atoms with van der Waals surface area (Å²) in [5.74, 6) is 0.913. The highest BCUT2D eigenvalue weighted by atomic mass is 16.5. The maximum atomic E-state index is 11.4. The summed E-state index contributed by atoms with van der Waals surface area (Å²) in [6.45, 7) is 0.732. The van der Waals surface area contributed by atoms with Gasteiger partial charge in [-0.1, -0.05) is 0 Å². The molecule has 0 saturated carbocycles. The number of rotatable bonds is 3. The molecule has 2 rings (SSSR count). The molecule has 0 radical (unpaired) electrons. The van der Waals surface area contributed by atoms with Crippen molar-refractivity contribution in [3.63, 3.8) is 0 Å². The Hall–Kier alpha value is -1.75. The van der Waals surface area contributed by atoms with Gasteiger partial charge in [0.2, 0.25) is 5.91 Å². The molecule has 0 aliphatic carbocycles. The summed E-state index contributed by atoms with van der Waals surface area (Å²) in [6, 6.07) is 3.28. The molecule has 1 atom stereocenters. The topological polar surface area (TPSA) is 73.6 Å². The molecule has 17 heavy (non-hydrogen) atoms. The van der Waals surface area contributed by atoms with Gasteiger partial charge in [0.05, 0.1) is 14.2 Å². The van der Waals surface area contributed by atoms with Crippen LogP contribution in [-0.4, -0.2) is 26.7 Å². The second kappa shape index (κ2) is 4.63. The first-order chi connectivity index (χ1) is 8.17. The average molecular weight is 236 g/mol. The van der Waals surface area contributed by atoms with Gasteiger partial charge in [-0.15, -0.1) is 0 Å². The molecule has 1 aromatic carbocycles. The van der Waals surface area contributed by atoms with E-state index in [1.165, 1.54) is 0 Å². The van der Waals surface area contributed by atoms with E-state index in [1.54, 1.807) is 14.2 Å². The fraction of sp³-hybridized carbons (Fsp3) is 0.417. The summed E-state index contributed by atoms with van der Waals surface area (Å²) in [4.78, 5) is 11.4. The zero-order valence-electron chi connectivity index (χ0n) is 9.95. The van der Waals surface area contributed by atoms with Crippen LogP contribution in [-0.2, 0) is 11.2 Å². The molecule has 1 amide bonds. The van der Waals surface area contributed by atoms with Gasteiger partial charge in [-0.25, -0.2) is 0 Å². The normalized spacial score (nSPS) is 18.4. The molecule has 1 aliphatic rings. The molecule has 0 bridgehead atoms. The molecule has 1 aliphatic heterocycles. The van der Waals surface area contributed by atoms with Crippen LogP contribution in [0.15, 0.2) is 12.1 Å². The predicted octanol–water partition coefficient (Wildman–Crippen LogP) is 0.376. The lowest BCUT2D eigenvalue weighted by Crippen LogP contribution is -2.38. The zero-order valence-corrected chi connectivity index (χ0v) is 9.95. The number of hydrogen-bond donors (Lipinski definition) is 2. The molecule has 0 unspecified atom stereocenters. The zero-order chi connectivity index (χ0) is 12.4. The van der Waals surface area contributed by atoms with E-state index in [0.29, 0.717) is 11.5 Å². The van der Waals surface area contributed by atoms with E-state index >= 15 is 0 Å². The standard InChI is InChI=1S/C12H16N2O3/c1-16-9-5-7-3-4-14-11(12(13)15)8(7)6-10(9)17-2/h5-6,11,14H,3-4H2,1-2H3,(H2,13,15)/t11-/m1/s1. The SMILES string of the molecule is COc1cc2c(cc1OC)[C@H](C(N)=O)NCC2. The van der Waals surface area contributed by atoms with Crippen LogP contribution in [0.3, 0.4) is 0 Å². The molecule has 1 aromatic rings. The fourth-order valence-electron chi connectivity index (χ4n) is 2.14. The van der Waals surface area contributed by atoms with Crippen LogP contribution in [0.1, 0.15) is 17.2 Å². The first kappa shape index (κ1) is 11.7. The van der Waals surface area contributed by atoms with Gasteiger partial charge in [0.1, 0.15) is 6.04 Å². The number of methoxy groups -OCH3 is 2. The van der Waals surface area contributed by atoms with Crippen LogP contribution in [0.4, 0.5) is 0 Å². The van der Waals surface area contributed by atoms with Crippen LogP contribution < -0.4 is 20.5 Å². The van der Waals surface area contributed by atoms with Crippen LogP contribution >= 0.6 is 0 Å². The molecule has 5 heteroatoms. The molecule has 0 spiro atoms. The number of amides is 1. The first-order valence-corrected chi connectivity index (χ1v) is 5.45. The van der Waals surface area contributed by atoms with E-state index in [2.05, 4.69) is 5.32 Å². The highest BCUT2D eigenvalue weighted by Gasteiger charge is 2.26. The minimum Gasteiger partial charge on any atom is -0.493 e. The molecular weight excluding hydrogens is 220 g/mol. The number of ether oxygens (including phenoxy) is 2. The smallest absolute Gasteiger partial charge is 0.239 e. The number of benzene rings is 1. The van der Waals surface area contributed by atoms with E-state index in [9.17, 15) is 4.79 Å². The number of nitrogens with one attached hydrogen (secondary N) is 1. The van der Waals surface area contributed by atoms with E-state index in [1.807, 2.05) is 12.1 Å². The number of nitrogens with two attached hydrogens (primary N) is 1. The van der Waals surface area contributed by atoms with Gasteiger partial charge in [-0.2, -0.15) is 0 Å². The second-order valence-corrected chi connectivity index (χ2v) is 3.95. The highest BCUT2D eigenvalue weighted by molar-refractivity contribution is 5.82. The van der Waals surface area contributed by atoms with Crippen molar-refractivity contribution in [2.24, 2.45) is 5.73 Å². The molecule has 0 aromatic heterocycles. The number of carbonyl (C=O) groups is 1. The lowest BCUT2D eigenvalue weighted by Gasteiger charge is -2.25. The maximum Gasteiger partial charge on any atom is 0.239 e. The third-order valence-electron chi connectivity index (χ3n) is 2.98.